The Hall–Kier alpha value is -1.59. The number of anilines is 1. The summed E-state index contributed by atoms with van der Waals surface area (Å²) in [5, 5.41) is 18.6. The molecule has 0 spiro atoms. The summed E-state index contributed by atoms with van der Waals surface area (Å²) in [6.45, 7) is 8.15. The van der Waals surface area contributed by atoms with Crippen LogP contribution in [0, 0.1) is 16.0 Å². The van der Waals surface area contributed by atoms with Crippen molar-refractivity contribution in [2.75, 3.05) is 5.32 Å². The highest BCUT2D eigenvalue weighted by Crippen LogP contribution is 2.30. The van der Waals surface area contributed by atoms with Crippen molar-refractivity contribution in [3.05, 3.63) is 15.8 Å². The van der Waals surface area contributed by atoms with Gasteiger partial charge in [0.05, 0.1) is 4.92 Å². The van der Waals surface area contributed by atoms with Crippen molar-refractivity contribution in [3.8, 4) is 0 Å². The van der Waals surface area contributed by atoms with Gasteiger partial charge in [-0.3, -0.25) is 10.1 Å². The topological polar surface area (TPSA) is 73.0 Å². The maximum absolute atomic E-state index is 11.2. The highest BCUT2D eigenvalue weighted by Gasteiger charge is 2.27. The highest BCUT2D eigenvalue weighted by molar-refractivity contribution is 5.60. The van der Waals surface area contributed by atoms with Gasteiger partial charge in [-0.05, 0) is 18.8 Å². The first-order valence-corrected chi connectivity index (χ1v) is 6.39. The van der Waals surface area contributed by atoms with Crippen LogP contribution in [0.15, 0.2) is 0 Å². The molecular weight excluding hydrogens is 232 g/mol. The van der Waals surface area contributed by atoms with Crippen LogP contribution >= 0.6 is 0 Å². The standard InChI is InChI=1S/C12H22N4O2/c1-6-9(8(3)4)13-12-11(16(17)18)10(7-2)14-15(12)5/h8-9,13H,6-7H2,1-5H3. The third kappa shape index (κ3) is 2.80. The Labute approximate surface area is 108 Å². The van der Waals surface area contributed by atoms with Gasteiger partial charge >= 0.3 is 5.69 Å². The minimum absolute atomic E-state index is 0.110. The molecule has 1 aromatic heterocycles. The average molecular weight is 254 g/mol. The lowest BCUT2D eigenvalue weighted by Crippen LogP contribution is -2.26. The minimum atomic E-state index is -0.346. The minimum Gasteiger partial charge on any atom is -0.362 e. The second-order valence-corrected chi connectivity index (χ2v) is 4.78. The van der Waals surface area contributed by atoms with E-state index >= 15 is 0 Å². The number of aromatic nitrogens is 2. The molecule has 1 N–H and O–H groups in total. The molecule has 102 valence electrons. The molecule has 0 radical (unpaired) electrons. The molecule has 0 aliphatic heterocycles. The van der Waals surface area contributed by atoms with Crippen LogP contribution < -0.4 is 5.32 Å². The predicted molar refractivity (Wildman–Crippen MR) is 71.8 cm³/mol. The van der Waals surface area contributed by atoms with E-state index in [9.17, 15) is 10.1 Å². The van der Waals surface area contributed by atoms with Crippen LogP contribution in [0.4, 0.5) is 11.5 Å². The molecule has 0 aliphatic carbocycles. The number of aryl methyl sites for hydroxylation is 2. The lowest BCUT2D eigenvalue weighted by atomic mass is 10.0. The summed E-state index contributed by atoms with van der Waals surface area (Å²) in [6.07, 6.45) is 1.48. The van der Waals surface area contributed by atoms with Gasteiger partial charge < -0.3 is 5.32 Å². The van der Waals surface area contributed by atoms with Gasteiger partial charge in [-0.2, -0.15) is 5.10 Å². The average Bonchev–Trinajstić information content (AvgIpc) is 2.62. The highest BCUT2D eigenvalue weighted by atomic mass is 16.6. The molecule has 1 atom stereocenters. The number of nitrogens with zero attached hydrogens (tertiary/aromatic N) is 3. The van der Waals surface area contributed by atoms with E-state index in [1.54, 1.807) is 11.7 Å². The van der Waals surface area contributed by atoms with Gasteiger partial charge in [0.15, 0.2) is 0 Å². The van der Waals surface area contributed by atoms with E-state index in [0.717, 1.165) is 6.42 Å². The summed E-state index contributed by atoms with van der Waals surface area (Å²) in [6, 6.07) is 0.212. The number of hydrogen-bond acceptors (Lipinski definition) is 4. The molecule has 0 bridgehead atoms. The predicted octanol–water partition coefficient (Wildman–Crippen LogP) is 2.74. The Morgan fingerprint density at radius 3 is 2.44 bits per heavy atom. The Kier molecular flexibility index (Phi) is 4.69. The SMILES string of the molecule is CCc1nn(C)c(NC(CC)C(C)C)c1[N+](=O)[O-]. The molecule has 0 saturated carbocycles. The van der Waals surface area contributed by atoms with Crippen molar-refractivity contribution in [2.24, 2.45) is 13.0 Å². The molecule has 1 heterocycles. The van der Waals surface area contributed by atoms with E-state index in [2.05, 4.69) is 31.2 Å². The van der Waals surface area contributed by atoms with Gasteiger partial charge in [0, 0.05) is 13.1 Å². The molecule has 6 heteroatoms. The van der Waals surface area contributed by atoms with Gasteiger partial charge in [0.1, 0.15) is 5.69 Å². The largest absolute Gasteiger partial charge is 0.362 e. The first-order valence-electron chi connectivity index (χ1n) is 6.39. The van der Waals surface area contributed by atoms with Crippen molar-refractivity contribution >= 4 is 11.5 Å². The van der Waals surface area contributed by atoms with E-state index in [-0.39, 0.29) is 16.7 Å². The smallest absolute Gasteiger partial charge is 0.333 e. The summed E-state index contributed by atoms with van der Waals surface area (Å²) < 4.78 is 1.57. The number of hydrogen-bond donors (Lipinski definition) is 1. The summed E-state index contributed by atoms with van der Waals surface area (Å²) in [4.78, 5) is 10.8. The fourth-order valence-corrected chi connectivity index (χ4v) is 2.08. The number of rotatable bonds is 6. The van der Waals surface area contributed by atoms with E-state index in [1.165, 1.54) is 0 Å². The van der Waals surface area contributed by atoms with Crippen LogP contribution in [0.5, 0.6) is 0 Å². The lowest BCUT2D eigenvalue weighted by molar-refractivity contribution is -0.384. The van der Waals surface area contributed by atoms with E-state index < -0.39 is 0 Å². The first-order chi connectivity index (χ1) is 8.42. The van der Waals surface area contributed by atoms with Crippen molar-refractivity contribution in [2.45, 2.75) is 46.6 Å². The summed E-state index contributed by atoms with van der Waals surface area (Å²) in [5.74, 6) is 0.923. The zero-order valence-corrected chi connectivity index (χ0v) is 11.7. The Balaban J connectivity index is 3.14. The third-order valence-electron chi connectivity index (χ3n) is 3.18. The lowest BCUT2D eigenvalue weighted by Gasteiger charge is -2.21. The zero-order valence-electron chi connectivity index (χ0n) is 11.7. The van der Waals surface area contributed by atoms with Gasteiger partial charge in [-0.25, -0.2) is 4.68 Å². The van der Waals surface area contributed by atoms with Crippen molar-refractivity contribution in [3.63, 3.8) is 0 Å². The fraction of sp³-hybridized carbons (Fsp3) is 0.750. The van der Waals surface area contributed by atoms with Crippen molar-refractivity contribution in [1.82, 2.24) is 9.78 Å². The fourth-order valence-electron chi connectivity index (χ4n) is 2.08. The molecule has 0 saturated heterocycles. The van der Waals surface area contributed by atoms with Crippen LogP contribution in [-0.4, -0.2) is 20.7 Å². The monoisotopic (exact) mass is 254 g/mol. The number of nitro groups is 1. The maximum Gasteiger partial charge on any atom is 0.333 e. The molecular formula is C12H22N4O2. The van der Waals surface area contributed by atoms with Gasteiger partial charge in [0.2, 0.25) is 5.82 Å². The van der Waals surface area contributed by atoms with Crippen LogP contribution in [0.1, 0.15) is 39.8 Å². The van der Waals surface area contributed by atoms with Gasteiger partial charge in [-0.1, -0.05) is 27.7 Å². The molecule has 0 amide bonds. The maximum atomic E-state index is 11.2. The molecule has 1 unspecified atom stereocenters. The molecule has 0 fully saturated rings. The zero-order chi connectivity index (χ0) is 13.9. The molecule has 18 heavy (non-hydrogen) atoms. The van der Waals surface area contributed by atoms with E-state index in [1.807, 2.05) is 6.92 Å². The third-order valence-corrected chi connectivity index (χ3v) is 3.18. The quantitative estimate of drug-likeness (QED) is 0.625. The molecule has 1 rings (SSSR count). The second-order valence-electron chi connectivity index (χ2n) is 4.78. The normalized spacial score (nSPS) is 12.8. The summed E-state index contributed by atoms with van der Waals surface area (Å²) in [7, 11) is 1.74. The van der Waals surface area contributed by atoms with Crippen molar-refractivity contribution < 1.29 is 4.92 Å². The van der Waals surface area contributed by atoms with E-state index in [0.29, 0.717) is 23.9 Å². The van der Waals surface area contributed by atoms with Gasteiger partial charge in [-0.15, -0.1) is 0 Å². The molecule has 1 aromatic rings. The molecule has 0 aromatic carbocycles. The van der Waals surface area contributed by atoms with Crippen LogP contribution in [0.25, 0.3) is 0 Å². The van der Waals surface area contributed by atoms with Crippen LogP contribution in [0.3, 0.4) is 0 Å². The Bertz CT molecular complexity index is 426. The number of nitrogens with one attached hydrogen (secondary N) is 1. The van der Waals surface area contributed by atoms with Crippen LogP contribution in [-0.2, 0) is 13.5 Å². The second kappa shape index (κ2) is 5.84. The van der Waals surface area contributed by atoms with Crippen molar-refractivity contribution in [1.29, 1.82) is 0 Å². The Morgan fingerprint density at radius 1 is 1.44 bits per heavy atom. The molecule has 6 nitrogen and oxygen atoms in total. The Morgan fingerprint density at radius 2 is 2.06 bits per heavy atom. The van der Waals surface area contributed by atoms with Crippen LogP contribution in [0.2, 0.25) is 0 Å². The first kappa shape index (κ1) is 14.5. The summed E-state index contributed by atoms with van der Waals surface area (Å²) in [5.41, 5.74) is 0.641. The molecule has 0 aliphatic rings. The van der Waals surface area contributed by atoms with E-state index in [4.69, 9.17) is 0 Å². The summed E-state index contributed by atoms with van der Waals surface area (Å²) >= 11 is 0. The van der Waals surface area contributed by atoms with Gasteiger partial charge in [0.25, 0.3) is 0 Å².